The predicted octanol–water partition coefficient (Wildman–Crippen LogP) is 5.42. The maximum Gasteiger partial charge on any atom is 0.0545 e. The Morgan fingerprint density at radius 2 is 1.59 bits per heavy atom. The van der Waals surface area contributed by atoms with Crippen LogP contribution in [-0.2, 0) is 0 Å². The summed E-state index contributed by atoms with van der Waals surface area (Å²) in [5, 5.41) is 10.3. The third-order valence-electron chi connectivity index (χ3n) is 9.24. The van der Waals surface area contributed by atoms with Gasteiger partial charge in [-0.15, -0.1) is 0 Å². The Labute approximate surface area is 137 Å². The Bertz CT molecular complexity index is 430. The molecule has 0 aliphatic heterocycles. The Hall–Kier alpha value is -0.0400. The molecule has 0 amide bonds. The van der Waals surface area contributed by atoms with Crippen LogP contribution in [0, 0.1) is 40.4 Å². The molecule has 1 N–H and O–H groups in total. The summed E-state index contributed by atoms with van der Waals surface area (Å²) >= 11 is 0. The zero-order valence-corrected chi connectivity index (χ0v) is 15.0. The van der Waals surface area contributed by atoms with E-state index < -0.39 is 0 Å². The number of aliphatic hydroxyl groups is 1. The van der Waals surface area contributed by atoms with Crippen LogP contribution in [0.5, 0.6) is 0 Å². The van der Waals surface area contributed by atoms with E-state index in [4.69, 9.17) is 0 Å². The molecule has 4 rings (SSSR count). The van der Waals surface area contributed by atoms with Crippen LogP contribution in [0.1, 0.15) is 85.0 Å². The Balaban J connectivity index is 1.62. The molecule has 4 aliphatic carbocycles. The van der Waals surface area contributed by atoms with Gasteiger partial charge in [0.2, 0.25) is 0 Å². The van der Waals surface area contributed by atoms with E-state index in [1.54, 1.807) is 0 Å². The van der Waals surface area contributed by atoms with Gasteiger partial charge in [-0.2, -0.15) is 0 Å². The molecular formula is C21H36O. The summed E-state index contributed by atoms with van der Waals surface area (Å²) in [7, 11) is 0. The normalized spacial score (nSPS) is 55.9. The van der Waals surface area contributed by atoms with Gasteiger partial charge < -0.3 is 5.11 Å². The molecule has 126 valence electrons. The van der Waals surface area contributed by atoms with Crippen molar-refractivity contribution in [3.8, 4) is 0 Å². The summed E-state index contributed by atoms with van der Waals surface area (Å²) in [5.41, 5.74) is 1.10. The molecule has 1 heteroatoms. The van der Waals surface area contributed by atoms with Crippen molar-refractivity contribution in [1.82, 2.24) is 0 Å². The van der Waals surface area contributed by atoms with Crippen molar-refractivity contribution in [2.75, 3.05) is 0 Å². The van der Waals surface area contributed by atoms with Crippen molar-refractivity contribution in [3.05, 3.63) is 0 Å². The maximum absolute atomic E-state index is 10.3. The molecule has 1 unspecified atom stereocenters. The lowest BCUT2D eigenvalue weighted by Gasteiger charge is -2.60. The first-order chi connectivity index (χ1) is 10.5. The molecule has 0 aromatic rings. The highest BCUT2D eigenvalue weighted by Gasteiger charge is 2.60. The zero-order chi connectivity index (χ0) is 15.5. The number of hydrogen-bond donors (Lipinski definition) is 1. The quantitative estimate of drug-likeness (QED) is 0.686. The van der Waals surface area contributed by atoms with E-state index in [0.29, 0.717) is 16.7 Å². The number of hydrogen-bond acceptors (Lipinski definition) is 1. The van der Waals surface area contributed by atoms with Gasteiger partial charge >= 0.3 is 0 Å². The lowest BCUT2D eigenvalue weighted by atomic mass is 9.45. The maximum atomic E-state index is 10.3. The average Bonchev–Trinajstić information content (AvgIpc) is 2.84. The molecule has 4 aliphatic rings. The van der Waals surface area contributed by atoms with Gasteiger partial charge in [-0.1, -0.05) is 26.7 Å². The van der Waals surface area contributed by atoms with E-state index in [1.807, 2.05) is 6.92 Å². The van der Waals surface area contributed by atoms with Crippen molar-refractivity contribution in [2.24, 2.45) is 40.4 Å². The summed E-state index contributed by atoms with van der Waals surface area (Å²) in [6, 6.07) is 0. The Kier molecular flexibility index (Phi) is 3.68. The van der Waals surface area contributed by atoms with Gasteiger partial charge in [0.15, 0.2) is 0 Å². The highest BCUT2D eigenvalue weighted by molar-refractivity contribution is 5.09. The average molecular weight is 305 g/mol. The van der Waals surface area contributed by atoms with Crippen LogP contribution in [0.3, 0.4) is 0 Å². The molecule has 0 spiro atoms. The van der Waals surface area contributed by atoms with Crippen molar-refractivity contribution in [3.63, 3.8) is 0 Å². The number of fused-ring (bicyclic) bond motifs is 5. The molecule has 4 fully saturated rings. The summed E-state index contributed by atoms with van der Waals surface area (Å²) in [5.74, 6) is 4.47. The van der Waals surface area contributed by atoms with Gasteiger partial charge in [-0.3, -0.25) is 0 Å². The van der Waals surface area contributed by atoms with E-state index in [0.717, 1.165) is 23.7 Å². The van der Waals surface area contributed by atoms with Crippen molar-refractivity contribution >= 4 is 0 Å². The van der Waals surface area contributed by atoms with Crippen LogP contribution in [0.15, 0.2) is 0 Å². The fourth-order valence-corrected chi connectivity index (χ4v) is 8.13. The fraction of sp³-hybridized carbons (Fsp3) is 1.00. The fourth-order valence-electron chi connectivity index (χ4n) is 8.13. The SMILES string of the molecule is CC(O)[C@H]1CC[C@H]2[C@@H]3CC[C@H]4CCCC[C@]4(C)[C@H]3CC[C@]12C. The smallest absolute Gasteiger partial charge is 0.0545 e. The standard InChI is InChI=1S/C21H36O/c1-14(22)17-9-10-18-16-8-7-15-6-4-5-12-20(15,2)19(16)11-13-21(17,18)3/h14-19,22H,4-13H2,1-3H3/t14?,15-,16+,17-,18+,19+,20+,21-/m1/s1. The van der Waals surface area contributed by atoms with E-state index in [9.17, 15) is 5.11 Å². The summed E-state index contributed by atoms with van der Waals surface area (Å²) in [4.78, 5) is 0. The van der Waals surface area contributed by atoms with Gasteiger partial charge in [-0.05, 0) is 98.7 Å². The summed E-state index contributed by atoms with van der Waals surface area (Å²) in [6.45, 7) is 7.24. The molecule has 0 aromatic heterocycles. The molecule has 22 heavy (non-hydrogen) atoms. The van der Waals surface area contributed by atoms with E-state index >= 15 is 0 Å². The van der Waals surface area contributed by atoms with E-state index in [2.05, 4.69) is 13.8 Å². The van der Waals surface area contributed by atoms with Crippen LogP contribution in [0.25, 0.3) is 0 Å². The lowest BCUT2D eigenvalue weighted by Crippen LogP contribution is -2.53. The largest absolute Gasteiger partial charge is 0.393 e. The van der Waals surface area contributed by atoms with Gasteiger partial charge in [0, 0.05) is 0 Å². The number of aliphatic hydroxyl groups excluding tert-OH is 1. The van der Waals surface area contributed by atoms with Crippen LogP contribution in [0.4, 0.5) is 0 Å². The van der Waals surface area contributed by atoms with Gasteiger partial charge in [0.25, 0.3) is 0 Å². The van der Waals surface area contributed by atoms with Crippen molar-refractivity contribution in [1.29, 1.82) is 0 Å². The predicted molar refractivity (Wildman–Crippen MR) is 91.5 cm³/mol. The molecule has 0 aromatic carbocycles. The van der Waals surface area contributed by atoms with Crippen LogP contribution in [0.2, 0.25) is 0 Å². The molecule has 4 saturated carbocycles. The first kappa shape index (κ1) is 15.5. The minimum atomic E-state index is -0.104. The second kappa shape index (κ2) is 5.23. The van der Waals surface area contributed by atoms with E-state index in [-0.39, 0.29) is 6.10 Å². The first-order valence-corrected chi connectivity index (χ1v) is 10.1. The molecule has 0 saturated heterocycles. The third-order valence-corrected chi connectivity index (χ3v) is 9.24. The summed E-state index contributed by atoms with van der Waals surface area (Å²) in [6.07, 6.45) is 14.4. The highest BCUT2D eigenvalue weighted by atomic mass is 16.3. The molecule has 8 atom stereocenters. The molecule has 0 heterocycles. The minimum absolute atomic E-state index is 0.104. The first-order valence-electron chi connectivity index (χ1n) is 10.1. The van der Waals surface area contributed by atoms with Gasteiger partial charge in [0.05, 0.1) is 6.10 Å². The monoisotopic (exact) mass is 304 g/mol. The van der Waals surface area contributed by atoms with E-state index in [1.165, 1.54) is 64.2 Å². The second-order valence-corrected chi connectivity index (χ2v) is 9.87. The molecule has 0 radical (unpaired) electrons. The van der Waals surface area contributed by atoms with Crippen LogP contribution >= 0.6 is 0 Å². The highest BCUT2D eigenvalue weighted by Crippen LogP contribution is 2.67. The molecule has 0 bridgehead atoms. The number of rotatable bonds is 1. The second-order valence-electron chi connectivity index (χ2n) is 9.87. The topological polar surface area (TPSA) is 20.2 Å². The third kappa shape index (κ3) is 2.00. The Morgan fingerprint density at radius 3 is 2.36 bits per heavy atom. The van der Waals surface area contributed by atoms with Gasteiger partial charge in [-0.25, -0.2) is 0 Å². The van der Waals surface area contributed by atoms with Crippen molar-refractivity contribution < 1.29 is 5.11 Å². The van der Waals surface area contributed by atoms with Crippen LogP contribution in [-0.4, -0.2) is 11.2 Å². The summed E-state index contributed by atoms with van der Waals surface area (Å²) < 4.78 is 0. The Morgan fingerprint density at radius 1 is 0.818 bits per heavy atom. The molecular weight excluding hydrogens is 268 g/mol. The van der Waals surface area contributed by atoms with Gasteiger partial charge in [0.1, 0.15) is 0 Å². The molecule has 1 nitrogen and oxygen atoms in total. The lowest BCUT2D eigenvalue weighted by molar-refractivity contribution is -0.118. The zero-order valence-electron chi connectivity index (χ0n) is 15.0. The minimum Gasteiger partial charge on any atom is -0.393 e. The van der Waals surface area contributed by atoms with Crippen LogP contribution < -0.4 is 0 Å². The van der Waals surface area contributed by atoms with Crippen molar-refractivity contribution in [2.45, 2.75) is 91.1 Å².